The van der Waals surface area contributed by atoms with Gasteiger partial charge in [-0.25, -0.2) is 9.37 Å². The summed E-state index contributed by atoms with van der Waals surface area (Å²) in [6, 6.07) is 6.63. The topological polar surface area (TPSA) is 56.0 Å². The van der Waals surface area contributed by atoms with Crippen molar-refractivity contribution in [1.82, 2.24) is 4.98 Å². The fraction of sp³-hybridized carbons (Fsp3) is 0.250. The highest BCUT2D eigenvalue weighted by atomic mass is 35.5. The van der Waals surface area contributed by atoms with Gasteiger partial charge in [0, 0.05) is 16.6 Å². The third-order valence-electron chi connectivity index (χ3n) is 3.95. The molecule has 0 bridgehead atoms. The molecule has 1 atom stereocenters. The summed E-state index contributed by atoms with van der Waals surface area (Å²) in [6.45, 7) is 0. The zero-order chi connectivity index (χ0) is 15.9. The first-order valence-corrected chi connectivity index (χ1v) is 8.44. The Labute approximate surface area is 137 Å². The van der Waals surface area contributed by atoms with Gasteiger partial charge >= 0.3 is 0 Å². The molecule has 1 amide bonds. The van der Waals surface area contributed by atoms with Crippen molar-refractivity contribution >= 4 is 29.3 Å². The Morgan fingerprint density at radius 2 is 2.23 bits per heavy atom. The number of rotatable bonds is 3. The lowest BCUT2D eigenvalue weighted by Gasteiger charge is -2.14. The van der Waals surface area contributed by atoms with Gasteiger partial charge in [0.2, 0.25) is 0 Å². The monoisotopic (exact) mass is 336 g/mol. The normalized spacial score (nSPS) is 16.6. The van der Waals surface area contributed by atoms with E-state index in [1.54, 1.807) is 18.2 Å². The van der Waals surface area contributed by atoms with Crippen LogP contribution in [0.4, 0.5) is 4.39 Å². The summed E-state index contributed by atoms with van der Waals surface area (Å²) in [5.74, 6) is -0.760. The maximum atomic E-state index is 14.0. The smallest absolute Gasteiger partial charge is 0.251 e. The van der Waals surface area contributed by atoms with Crippen LogP contribution in [-0.4, -0.2) is 17.1 Å². The predicted octanol–water partition coefficient (Wildman–Crippen LogP) is 3.77. The highest BCUT2D eigenvalue weighted by Crippen LogP contribution is 2.40. The van der Waals surface area contributed by atoms with Gasteiger partial charge in [0.15, 0.2) is 0 Å². The van der Waals surface area contributed by atoms with E-state index >= 15 is 0 Å². The molecule has 1 aliphatic rings. The molecule has 114 valence electrons. The molecule has 1 aromatic heterocycles. The van der Waals surface area contributed by atoms with Crippen molar-refractivity contribution in [3.8, 4) is 0 Å². The number of amides is 1. The second-order valence-electron chi connectivity index (χ2n) is 5.20. The lowest BCUT2D eigenvalue weighted by atomic mass is 9.97. The van der Waals surface area contributed by atoms with Crippen LogP contribution < -0.4 is 5.73 Å². The van der Waals surface area contributed by atoms with E-state index in [-0.39, 0.29) is 11.7 Å². The van der Waals surface area contributed by atoms with Gasteiger partial charge < -0.3 is 5.73 Å². The maximum absolute atomic E-state index is 14.0. The van der Waals surface area contributed by atoms with Crippen LogP contribution in [0.5, 0.6) is 0 Å². The number of benzene rings is 1. The molecule has 0 fully saturated rings. The van der Waals surface area contributed by atoms with Gasteiger partial charge in [0.1, 0.15) is 10.8 Å². The van der Waals surface area contributed by atoms with Gasteiger partial charge in [-0.3, -0.25) is 4.79 Å². The Morgan fingerprint density at radius 3 is 2.91 bits per heavy atom. The molecular formula is C16H14ClFN2OS. The standard InChI is InChI=1S/C16H14ClFN2OS/c1-22-16-11(15(19)21)4-5-14(20-16)10-3-2-9-12(10)6-8(17)7-13(9)18/h4-7,10H,2-3H2,1H3,(H2,19,21)/t10-/m1/s1. The molecule has 2 N–H and O–H groups in total. The number of nitrogens with two attached hydrogens (primary N) is 1. The molecule has 1 aliphatic carbocycles. The van der Waals surface area contributed by atoms with Crippen molar-refractivity contribution in [3.05, 3.63) is 57.5 Å². The number of thioether (sulfide) groups is 1. The van der Waals surface area contributed by atoms with Gasteiger partial charge in [-0.05, 0) is 54.5 Å². The van der Waals surface area contributed by atoms with Crippen LogP contribution >= 0.6 is 23.4 Å². The highest BCUT2D eigenvalue weighted by Gasteiger charge is 2.28. The number of fused-ring (bicyclic) bond motifs is 1. The number of carbonyl (C=O) groups is 1. The van der Waals surface area contributed by atoms with Gasteiger partial charge in [-0.15, -0.1) is 11.8 Å². The van der Waals surface area contributed by atoms with Crippen molar-refractivity contribution in [2.45, 2.75) is 23.8 Å². The second-order valence-corrected chi connectivity index (χ2v) is 6.44. The van der Waals surface area contributed by atoms with E-state index in [0.717, 1.165) is 17.7 Å². The van der Waals surface area contributed by atoms with Crippen molar-refractivity contribution in [1.29, 1.82) is 0 Å². The number of aromatic nitrogens is 1. The zero-order valence-electron chi connectivity index (χ0n) is 11.9. The van der Waals surface area contributed by atoms with E-state index in [9.17, 15) is 9.18 Å². The number of halogens is 2. The molecular weight excluding hydrogens is 323 g/mol. The Hall–Kier alpha value is -1.59. The summed E-state index contributed by atoms with van der Waals surface area (Å²) in [6.07, 6.45) is 3.29. The van der Waals surface area contributed by atoms with E-state index in [1.165, 1.54) is 17.8 Å². The summed E-state index contributed by atoms with van der Waals surface area (Å²) in [5, 5.41) is 0.989. The lowest BCUT2D eigenvalue weighted by Crippen LogP contribution is -2.14. The lowest BCUT2D eigenvalue weighted by molar-refractivity contribution is 0.0997. The first-order valence-electron chi connectivity index (χ1n) is 6.83. The Morgan fingerprint density at radius 1 is 1.45 bits per heavy atom. The Kier molecular flexibility index (Phi) is 4.10. The van der Waals surface area contributed by atoms with Crippen LogP contribution in [0.2, 0.25) is 5.02 Å². The number of hydrogen-bond acceptors (Lipinski definition) is 3. The van der Waals surface area contributed by atoms with Crippen LogP contribution in [-0.2, 0) is 6.42 Å². The zero-order valence-corrected chi connectivity index (χ0v) is 13.5. The van der Waals surface area contributed by atoms with Crippen molar-refractivity contribution in [2.75, 3.05) is 6.26 Å². The molecule has 3 nitrogen and oxygen atoms in total. The number of carbonyl (C=O) groups excluding carboxylic acids is 1. The molecule has 0 unspecified atom stereocenters. The van der Waals surface area contributed by atoms with Gasteiger partial charge in [0.25, 0.3) is 5.91 Å². The van der Waals surface area contributed by atoms with Crippen LogP contribution in [0, 0.1) is 5.82 Å². The van der Waals surface area contributed by atoms with Gasteiger partial charge in [0.05, 0.1) is 5.56 Å². The van der Waals surface area contributed by atoms with E-state index in [0.29, 0.717) is 27.6 Å². The van der Waals surface area contributed by atoms with Crippen LogP contribution in [0.3, 0.4) is 0 Å². The largest absolute Gasteiger partial charge is 0.366 e. The predicted molar refractivity (Wildman–Crippen MR) is 86.1 cm³/mol. The number of primary amides is 1. The molecule has 0 saturated carbocycles. The summed E-state index contributed by atoms with van der Waals surface area (Å²) in [7, 11) is 0. The SMILES string of the molecule is CSc1nc([C@@H]2CCc3c(F)cc(Cl)cc32)ccc1C(N)=O. The maximum Gasteiger partial charge on any atom is 0.251 e. The number of hydrogen-bond donors (Lipinski definition) is 1. The fourth-order valence-electron chi connectivity index (χ4n) is 2.94. The molecule has 1 aromatic carbocycles. The molecule has 0 radical (unpaired) electrons. The molecule has 2 aromatic rings. The third-order valence-corrected chi connectivity index (χ3v) is 4.87. The minimum atomic E-state index is -0.496. The van der Waals surface area contributed by atoms with E-state index in [1.807, 2.05) is 6.26 Å². The highest BCUT2D eigenvalue weighted by molar-refractivity contribution is 7.98. The minimum absolute atomic E-state index is 0.00368. The first kappa shape index (κ1) is 15.3. The summed E-state index contributed by atoms with van der Waals surface area (Å²) >= 11 is 7.35. The molecule has 3 rings (SSSR count). The Bertz CT molecular complexity index is 766. The quantitative estimate of drug-likeness (QED) is 0.868. The molecule has 0 aliphatic heterocycles. The van der Waals surface area contributed by atoms with Gasteiger partial charge in [-0.2, -0.15) is 0 Å². The third kappa shape index (κ3) is 2.59. The molecule has 6 heteroatoms. The van der Waals surface area contributed by atoms with Crippen molar-refractivity contribution < 1.29 is 9.18 Å². The van der Waals surface area contributed by atoms with Crippen LogP contribution in [0.1, 0.15) is 39.5 Å². The average molecular weight is 337 g/mol. The minimum Gasteiger partial charge on any atom is -0.366 e. The second kappa shape index (κ2) is 5.89. The summed E-state index contributed by atoms with van der Waals surface area (Å²) < 4.78 is 14.0. The van der Waals surface area contributed by atoms with Crippen molar-refractivity contribution in [2.24, 2.45) is 5.73 Å². The van der Waals surface area contributed by atoms with E-state index < -0.39 is 5.91 Å². The van der Waals surface area contributed by atoms with E-state index in [2.05, 4.69) is 4.98 Å². The number of nitrogens with zero attached hydrogens (tertiary/aromatic N) is 1. The molecule has 0 saturated heterocycles. The summed E-state index contributed by atoms with van der Waals surface area (Å²) in [4.78, 5) is 16.0. The fourth-order valence-corrected chi connectivity index (χ4v) is 3.74. The van der Waals surface area contributed by atoms with Crippen LogP contribution in [0.15, 0.2) is 29.3 Å². The molecule has 22 heavy (non-hydrogen) atoms. The number of pyridine rings is 1. The first-order chi connectivity index (χ1) is 10.5. The summed E-state index contributed by atoms with van der Waals surface area (Å²) in [5.41, 5.74) is 8.17. The Balaban J connectivity index is 2.06. The van der Waals surface area contributed by atoms with Crippen LogP contribution in [0.25, 0.3) is 0 Å². The van der Waals surface area contributed by atoms with Crippen molar-refractivity contribution in [3.63, 3.8) is 0 Å². The average Bonchev–Trinajstić information content (AvgIpc) is 2.90. The van der Waals surface area contributed by atoms with Gasteiger partial charge in [-0.1, -0.05) is 11.6 Å². The van der Waals surface area contributed by atoms with E-state index in [4.69, 9.17) is 17.3 Å². The molecule has 0 spiro atoms. The molecule has 1 heterocycles.